The number of aryl methyl sites for hydroxylation is 1. The molecule has 6 nitrogen and oxygen atoms in total. The van der Waals surface area contributed by atoms with Crippen molar-refractivity contribution < 1.29 is 4.79 Å². The number of amides is 1. The Hall–Kier alpha value is -2.21. The van der Waals surface area contributed by atoms with Gasteiger partial charge in [-0.05, 0) is 44.0 Å². The number of likely N-dealkylation sites (tertiary alicyclic amines) is 1. The second-order valence-corrected chi connectivity index (χ2v) is 6.93. The maximum Gasteiger partial charge on any atom is 0.261 e. The number of benzene rings is 1. The van der Waals surface area contributed by atoms with Gasteiger partial charge in [-0.2, -0.15) is 0 Å². The quantitative estimate of drug-likeness (QED) is 0.831. The molecule has 2 heterocycles. The molecule has 3 rings (SSSR count). The molecule has 2 aromatic rings. The van der Waals surface area contributed by atoms with E-state index in [0.29, 0.717) is 29.9 Å². The van der Waals surface area contributed by atoms with Crippen LogP contribution in [0.4, 0.5) is 0 Å². The number of aromatic nitrogens is 2. The largest absolute Gasteiger partial charge is 0.356 e. The van der Waals surface area contributed by atoms with Crippen LogP contribution in [-0.4, -0.2) is 46.5 Å². The number of rotatable bonds is 7. The minimum atomic E-state index is -0.0965. The van der Waals surface area contributed by atoms with Gasteiger partial charge in [0, 0.05) is 26.1 Å². The SMILES string of the molecule is C[C@H](CNC(=O)CCn1cnc2ccccc2c1=O)CN1CCCC1. The van der Waals surface area contributed by atoms with Gasteiger partial charge in [-0.3, -0.25) is 14.2 Å². The lowest BCUT2D eigenvalue weighted by Gasteiger charge is -2.20. The van der Waals surface area contributed by atoms with Crippen molar-refractivity contribution in [3.05, 3.63) is 40.9 Å². The second kappa shape index (κ2) is 8.25. The molecule has 0 aliphatic carbocycles. The Morgan fingerprint density at radius 3 is 2.84 bits per heavy atom. The van der Waals surface area contributed by atoms with Crippen molar-refractivity contribution in [1.82, 2.24) is 19.8 Å². The van der Waals surface area contributed by atoms with Crippen LogP contribution in [-0.2, 0) is 11.3 Å². The number of carbonyl (C=O) groups excluding carboxylic acids is 1. The fourth-order valence-electron chi connectivity index (χ4n) is 3.33. The first-order chi connectivity index (χ1) is 12.1. The Labute approximate surface area is 147 Å². The zero-order valence-corrected chi connectivity index (χ0v) is 14.8. The first-order valence-corrected chi connectivity index (χ1v) is 9.07. The lowest BCUT2D eigenvalue weighted by Crippen LogP contribution is -2.35. The number of para-hydroxylation sites is 1. The summed E-state index contributed by atoms with van der Waals surface area (Å²) in [5.41, 5.74) is 0.588. The lowest BCUT2D eigenvalue weighted by atomic mass is 10.1. The van der Waals surface area contributed by atoms with Crippen LogP contribution in [0.2, 0.25) is 0 Å². The molecule has 1 N–H and O–H groups in total. The number of fused-ring (bicyclic) bond motifs is 1. The fraction of sp³-hybridized carbons (Fsp3) is 0.526. The third kappa shape index (κ3) is 4.66. The lowest BCUT2D eigenvalue weighted by molar-refractivity contribution is -0.121. The van der Waals surface area contributed by atoms with Gasteiger partial charge >= 0.3 is 0 Å². The summed E-state index contributed by atoms with van der Waals surface area (Å²) in [6.07, 6.45) is 4.38. The highest BCUT2D eigenvalue weighted by atomic mass is 16.1. The number of hydrogen-bond donors (Lipinski definition) is 1. The molecule has 1 aliphatic rings. The molecule has 0 bridgehead atoms. The van der Waals surface area contributed by atoms with Crippen LogP contribution in [0.5, 0.6) is 0 Å². The molecule has 1 aromatic carbocycles. The van der Waals surface area contributed by atoms with Gasteiger partial charge < -0.3 is 10.2 Å². The average molecular weight is 342 g/mol. The number of nitrogens with one attached hydrogen (secondary N) is 1. The van der Waals surface area contributed by atoms with Crippen LogP contribution in [0, 0.1) is 5.92 Å². The summed E-state index contributed by atoms with van der Waals surface area (Å²) >= 11 is 0. The van der Waals surface area contributed by atoms with E-state index in [1.807, 2.05) is 18.2 Å². The Balaban J connectivity index is 1.47. The highest BCUT2D eigenvalue weighted by molar-refractivity contribution is 5.77. The summed E-state index contributed by atoms with van der Waals surface area (Å²) in [6, 6.07) is 7.26. The van der Waals surface area contributed by atoms with E-state index in [1.54, 1.807) is 6.07 Å². The van der Waals surface area contributed by atoms with Crippen molar-refractivity contribution in [2.45, 2.75) is 32.7 Å². The Morgan fingerprint density at radius 2 is 2.04 bits per heavy atom. The van der Waals surface area contributed by atoms with Gasteiger partial charge in [-0.15, -0.1) is 0 Å². The third-order valence-electron chi connectivity index (χ3n) is 4.73. The summed E-state index contributed by atoms with van der Waals surface area (Å²) in [6.45, 7) is 6.58. The van der Waals surface area contributed by atoms with E-state index < -0.39 is 0 Å². The minimum Gasteiger partial charge on any atom is -0.356 e. The molecule has 1 aromatic heterocycles. The topological polar surface area (TPSA) is 67.2 Å². The molecule has 0 radical (unpaired) electrons. The van der Waals surface area contributed by atoms with E-state index in [1.165, 1.54) is 36.8 Å². The number of carbonyl (C=O) groups is 1. The molecule has 1 aliphatic heterocycles. The van der Waals surface area contributed by atoms with E-state index in [4.69, 9.17) is 0 Å². The molecule has 25 heavy (non-hydrogen) atoms. The molecular weight excluding hydrogens is 316 g/mol. The van der Waals surface area contributed by atoms with Gasteiger partial charge in [0.05, 0.1) is 17.2 Å². The molecule has 0 spiro atoms. The Morgan fingerprint density at radius 1 is 1.28 bits per heavy atom. The molecule has 1 atom stereocenters. The predicted molar refractivity (Wildman–Crippen MR) is 98.5 cm³/mol. The Kier molecular flexibility index (Phi) is 5.81. The maximum absolute atomic E-state index is 12.4. The van der Waals surface area contributed by atoms with Crippen LogP contribution >= 0.6 is 0 Å². The van der Waals surface area contributed by atoms with Gasteiger partial charge in [0.1, 0.15) is 0 Å². The number of hydrogen-bond acceptors (Lipinski definition) is 4. The van der Waals surface area contributed by atoms with E-state index in [9.17, 15) is 9.59 Å². The maximum atomic E-state index is 12.4. The molecular formula is C19H26N4O2. The van der Waals surface area contributed by atoms with Crippen molar-refractivity contribution in [1.29, 1.82) is 0 Å². The van der Waals surface area contributed by atoms with E-state index >= 15 is 0 Å². The van der Waals surface area contributed by atoms with Gasteiger partial charge in [0.2, 0.25) is 5.91 Å². The molecule has 1 fully saturated rings. The number of nitrogens with zero attached hydrogens (tertiary/aromatic N) is 3. The van der Waals surface area contributed by atoms with Crippen LogP contribution in [0.3, 0.4) is 0 Å². The first-order valence-electron chi connectivity index (χ1n) is 9.07. The predicted octanol–water partition coefficient (Wildman–Crippen LogP) is 1.63. The van der Waals surface area contributed by atoms with Crippen LogP contribution in [0.15, 0.2) is 35.4 Å². The van der Waals surface area contributed by atoms with Gasteiger partial charge in [-0.25, -0.2) is 4.98 Å². The fourth-order valence-corrected chi connectivity index (χ4v) is 3.33. The summed E-state index contributed by atoms with van der Waals surface area (Å²) < 4.78 is 1.51. The zero-order chi connectivity index (χ0) is 17.6. The highest BCUT2D eigenvalue weighted by Gasteiger charge is 2.15. The molecule has 1 amide bonds. The molecule has 6 heteroatoms. The molecule has 0 unspecified atom stereocenters. The standard InChI is InChI=1S/C19H26N4O2/c1-15(13-22-9-4-5-10-22)12-20-18(24)8-11-23-14-21-17-7-3-2-6-16(17)19(23)25/h2-3,6-7,14-15H,4-5,8-13H2,1H3,(H,20,24)/t15-/m1/s1. The van der Waals surface area contributed by atoms with Crippen molar-refractivity contribution in [2.75, 3.05) is 26.2 Å². The van der Waals surface area contributed by atoms with Crippen molar-refractivity contribution in [2.24, 2.45) is 5.92 Å². The molecule has 0 saturated carbocycles. The van der Waals surface area contributed by atoms with E-state index in [0.717, 1.165) is 6.54 Å². The van der Waals surface area contributed by atoms with Gasteiger partial charge in [-0.1, -0.05) is 19.1 Å². The monoisotopic (exact) mass is 342 g/mol. The normalized spacial score (nSPS) is 16.2. The van der Waals surface area contributed by atoms with Crippen LogP contribution in [0.1, 0.15) is 26.2 Å². The highest BCUT2D eigenvalue weighted by Crippen LogP contribution is 2.09. The van der Waals surface area contributed by atoms with Crippen molar-refractivity contribution in [3.8, 4) is 0 Å². The summed E-state index contributed by atoms with van der Waals surface area (Å²) in [4.78, 5) is 31.2. The zero-order valence-electron chi connectivity index (χ0n) is 14.8. The second-order valence-electron chi connectivity index (χ2n) is 6.93. The first kappa shape index (κ1) is 17.6. The van der Waals surface area contributed by atoms with Crippen LogP contribution < -0.4 is 10.9 Å². The van der Waals surface area contributed by atoms with Gasteiger partial charge in [0.15, 0.2) is 0 Å². The van der Waals surface area contributed by atoms with Crippen molar-refractivity contribution in [3.63, 3.8) is 0 Å². The third-order valence-corrected chi connectivity index (χ3v) is 4.73. The molecule has 1 saturated heterocycles. The summed E-state index contributed by atoms with van der Waals surface area (Å²) in [5, 5.41) is 3.57. The van der Waals surface area contributed by atoms with Gasteiger partial charge in [0.25, 0.3) is 5.56 Å². The smallest absolute Gasteiger partial charge is 0.261 e. The summed E-state index contributed by atoms with van der Waals surface area (Å²) in [7, 11) is 0. The van der Waals surface area contributed by atoms with Crippen LogP contribution in [0.25, 0.3) is 10.9 Å². The molecule has 134 valence electrons. The van der Waals surface area contributed by atoms with E-state index in [-0.39, 0.29) is 17.9 Å². The average Bonchev–Trinajstić information content (AvgIpc) is 3.12. The van der Waals surface area contributed by atoms with E-state index in [2.05, 4.69) is 22.1 Å². The Bertz CT molecular complexity index is 780. The summed E-state index contributed by atoms with van der Waals surface area (Å²) in [5.74, 6) is 0.417. The minimum absolute atomic E-state index is 0.0201. The van der Waals surface area contributed by atoms with Crippen molar-refractivity contribution >= 4 is 16.8 Å².